The maximum atomic E-state index is 13.4. The molecule has 1 N–H and O–H groups in total. The molecule has 0 unspecified atom stereocenters. The Morgan fingerprint density at radius 2 is 2.08 bits per heavy atom. The molecular formula is C28H28ClN5O3. The highest BCUT2D eigenvalue weighted by atomic mass is 35.5. The molecule has 0 radical (unpaired) electrons. The number of allylic oxidation sites excluding steroid dienone is 1. The van der Waals surface area contributed by atoms with Crippen LogP contribution >= 0.6 is 11.6 Å². The van der Waals surface area contributed by atoms with Crippen LogP contribution in [0.5, 0.6) is 0 Å². The first-order valence-corrected chi connectivity index (χ1v) is 12.7. The van der Waals surface area contributed by atoms with Crippen molar-refractivity contribution in [2.45, 2.75) is 26.3 Å². The number of aromatic amines is 1. The highest BCUT2D eigenvalue weighted by molar-refractivity contribution is 6.35. The molecule has 3 aromatic heterocycles. The summed E-state index contributed by atoms with van der Waals surface area (Å²) in [7, 11) is 0. The van der Waals surface area contributed by atoms with Gasteiger partial charge in [0.2, 0.25) is 0 Å². The summed E-state index contributed by atoms with van der Waals surface area (Å²) in [6, 6.07) is 11.0. The number of piperazine rings is 1. The summed E-state index contributed by atoms with van der Waals surface area (Å²) >= 11 is 6.59. The summed E-state index contributed by atoms with van der Waals surface area (Å²) in [6.45, 7) is 5.49. The number of pyridine rings is 2. The molecule has 190 valence electrons. The van der Waals surface area contributed by atoms with Crippen LogP contribution in [0.15, 0.2) is 60.9 Å². The van der Waals surface area contributed by atoms with E-state index in [4.69, 9.17) is 21.3 Å². The van der Waals surface area contributed by atoms with Crippen LogP contribution in [0.25, 0.3) is 33.2 Å². The number of nitrogens with one attached hydrogen (secondary N) is 1. The quantitative estimate of drug-likeness (QED) is 0.271. The predicted molar refractivity (Wildman–Crippen MR) is 145 cm³/mol. The molecule has 0 aliphatic carbocycles. The van der Waals surface area contributed by atoms with Gasteiger partial charge in [0.1, 0.15) is 5.65 Å². The highest BCUT2D eigenvalue weighted by Crippen LogP contribution is 2.30. The fourth-order valence-electron chi connectivity index (χ4n) is 4.61. The summed E-state index contributed by atoms with van der Waals surface area (Å²) in [6.07, 6.45) is 7.83. The van der Waals surface area contributed by atoms with Crippen molar-refractivity contribution in [3.63, 3.8) is 0 Å². The second kappa shape index (κ2) is 10.6. The number of H-pyrrole nitrogens is 1. The van der Waals surface area contributed by atoms with Crippen LogP contribution in [0.4, 0.5) is 4.79 Å². The number of fused-ring (bicyclic) bond motifs is 2. The van der Waals surface area contributed by atoms with E-state index in [9.17, 15) is 9.59 Å². The number of benzene rings is 1. The normalized spacial score (nSPS) is 16.1. The largest absolute Gasteiger partial charge is 0.449 e. The number of halogens is 1. The first-order valence-electron chi connectivity index (χ1n) is 12.3. The molecule has 2 amide bonds. The lowest BCUT2D eigenvalue weighted by Crippen LogP contribution is -2.55. The van der Waals surface area contributed by atoms with Crippen LogP contribution in [0, 0.1) is 0 Å². The van der Waals surface area contributed by atoms with Gasteiger partial charge in [-0.3, -0.25) is 4.79 Å². The standard InChI is InChI=1S/C28H28ClN5O3/c1-3-4-5-12-37-28(36)34-11-10-33(17-18(34)2)27(35)20-6-7-22-23(29)15-24(32-25(22)14-20)21-13-19-8-9-30-26(19)31-16-21/h3-4,6-9,13-16,18H,5,10-12,17H2,1-2H3,(H,30,31)/b4-3-/t18-/m1/s1. The summed E-state index contributed by atoms with van der Waals surface area (Å²) in [5.41, 5.74) is 3.50. The Morgan fingerprint density at radius 1 is 1.22 bits per heavy atom. The van der Waals surface area contributed by atoms with Gasteiger partial charge >= 0.3 is 6.09 Å². The number of amides is 2. The van der Waals surface area contributed by atoms with Gasteiger partial charge in [0.05, 0.1) is 22.8 Å². The average Bonchev–Trinajstić information content (AvgIpc) is 3.38. The molecule has 37 heavy (non-hydrogen) atoms. The molecule has 8 nitrogen and oxygen atoms in total. The van der Waals surface area contributed by atoms with Gasteiger partial charge in [0, 0.05) is 60.0 Å². The summed E-state index contributed by atoms with van der Waals surface area (Å²) < 4.78 is 5.37. The van der Waals surface area contributed by atoms with Gasteiger partial charge in [-0.15, -0.1) is 0 Å². The summed E-state index contributed by atoms with van der Waals surface area (Å²) in [5.74, 6) is -0.103. The molecule has 1 aliphatic heterocycles. The van der Waals surface area contributed by atoms with Crippen molar-refractivity contribution < 1.29 is 14.3 Å². The number of rotatable bonds is 5. The van der Waals surface area contributed by atoms with E-state index in [1.54, 1.807) is 28.1 Å². The van der Waals surface area contributed by atoms with Crippen molar-refractivity contribution in [2.75, 3.05) is 26.2 Å². The number of ether oxygens (including phenoxy) is 1. The fourth-order valence-corrected chi connectivity index (χ4v) is 4.87. The van der Waals surface area contributed by atoms with E-state index in [1.807, 2.05) is 56.5 Å². The van der Waals surface area contributed by atoms with Gasteiger partial charge in [-0.05, 0) is 50.6 Å². The number of aromatic nitrogens is 3. The Morgan fingerprint density at radius 3 is 2.89 bits per heavy atom. The smallest absolute Gasteiger partial charge is 0.410 e. The number of carbonyl (C=O) groups is 2. The molecule has 4 heterocycles. The zero-order valence-electron chi connectivity index (χ0n) is 20.8. The van der Waals surface area contributed by atoms with Gasteiger partial charge in [-0.25, -0.2) is 14.8 Å². The molecule has 0 spiro atoms. The van der Waals surface area contributed by atoms with Gasteiger partial charge in [-0.1, -0.05) is 29.8 Å². The number of hydrogen-bond acceptors (Lipinski definition) is 5. The molecular weight excluding hydrogens is 490 g/mol. The fraction of sp³-hybridized carbons (Fsp3) is 0.286. The van der Waals surface area contributed by atoms with Crippen LogP contribution in [-0.4, -0.2) is 69.0 Å². The molecule has 1 atom stereocenters. The zero-order chi connectivity index (χ0) is 25.9. The molecule has 1 aromatic carbocycles. The molecule has 9 heteroatoms. The first-order chi connectivity index (χ1) is 17.9. The topological polar surface area (TPSA) is 91.4 Å². The van der Waals surface area contributed by atoms with E-state index < -0.39 is 0 Å². The van der Waals surface area contributed by atoms with Crippen LogP contribution in [-0.2, 0) is 4.74 Å². The van der Waals surface area contributed by atoms with Gasteiger partial charge in [0.25, 0.3) is 5.91 Å². The van der Waals surface area contributed by atoms with Crippen LogP contribution in [0.1, 0.15) is 30.6 Å². The minimum Gasteiger partial charge on any atom is -0.449 e. The summed E-state index contributed by atoms with van der Waals surface area (Å²) in [5, 5.41) is 2.31. The third-order valence-corrected chi connectivity index (χ3v) is 6.91. The third-order valence-electron chi connectivity index (χ3n) is 6.60. The molecule has 1 saturated heterocycles. The Hall–Kier alpha value is -3.91. The van der Waals surface area contributed by atoms with E-state index in [0.717, 1.165) is 22.0 Å². The van der Waals surface area contributed by atoms with Crippen molar-refractivity contribution in [1.82, 2.24) is 24.8 Å². The first kappa shape index (κ1) is 24.8. The Labute approximate surface area is 219 Å². The van der Waals surface area contributed by atoms with Gasteiger partial charge < -0.3 is 19.5 Å². The monoisotopic (exact) mass is 517 g/mol. The molecule has 1 aliphatic rings. The molecule has 0 saturated carbocycles. The lowest BCUT2D eigenvalue weighted by Gasteiger charge is -2.39. The Balaban J connectivity index is 1.33. The van der Waals surface area contributed by atoms with E-state index in [0.29, 0.717) is 54.5 Å². The minimum atomic E-state index is -0.339. The van der Waals surface area contributed by atoms with E-state index in [-0.39, 0.29) is 18.0 Å². The van der Waals surface area contributed by atoms with Gasteiger partial charge in [-0.2, -0.15) is 0 Å². The van der Waals surface area contributed by atoms with Crippen molar-refractivity contribution >= 4 is 45.5 Å². The predicted octanol–water partition coefficient (Wildman–Crippen LogP) is 5.68. The number of nitrogens with zero attached hydrogens (tertiary/aromatic N) is 4. The highest BCUT2D eigenvalue weighted by Gasteiger charge is 2.31. The number of hydrogen-bond donors (Lipinski definition) is 1. The Kier molecular flexibility index (Phi) is 7.10. The van der Waals surface area contributed by atoms with E-state index in [1.165, 1.54) is 0 Å². The van der Waals surface area contributed by atoms with Crippen LogP contribution in [0.2, 0.25) is 5.02 Å². The SMILES string of the molecule is C/C=C\CCOC(=O)N1CCN(C(=O)c2ccc3c(Cl)cc(-c4cnc5[nH]ccc5c4)nc3c2)C[C@H]1C. The van der Waals surface area contributed by atoms with Crippen LogP contribution < -0.4 is 0 Å². The van der Waals surface area contributed by atoms with E-state index >= 15 is 0 Å². The third kappa shape index (κ3) is 5.15. The molecule has 5 rings (SSSR count). The zero-order valence-corrected chi connectivity index (χ0v) is 21.5. The van der Waals surface area contributed by atoms with Crippen molar-refractivity contribution in [1.29, 1.82) is 0 Å². The van der Waals surface area contributed by atoms with Crippen LogP contribution in [0.3, 0.4) is 0 Å². The maximum absolute atomic E-state index is 13.4. The van der Waals surface area contributed by atoms with Crippen molar-refractivity contribution in [3.8, 4) is 11.3 Å². The average molecular weight is 518 g/mol. The number of carbonyl (C=O) groups excluding carboxylic acids is 2. The molecule has 1 fully saturated rings. The molecule has 4 aromatic rings. The summed E-state index contributed by atoms with van der Waals surface area (Å²) in [4.78, 5) is 41.6. The Bertz CT molecular complexity index is 1500. The second-order valence-corrected chi connectivity index (χ2v) is 9.53. The lowest BCUT2D eigenvalue weighted by molar-refractivity contribution is 0.0416. The second-order valence-electron chi connectivity index (χ2n) is 9.13. The van der Waals surface area contributed by atoms with Crippen molar-refractivity contribution in [2.24, 2.45) is 0 Å². The van der Waals surface area contributed by atoms with Crippen molar-refractivity contribution in [3.05, 3.63) is 71.5 Å². The molecule has 0 bridgehead atoms. The van der Waals surface area contributed by atoms with E-state index in [2.05, 4.69) is 9.97 Å². The minimum absolute atomic E-state index is 0.103. The maximum Gasteiger partial charge on any atom is 0.410 e. The van der Waals surface area contributed by atoms with Gasteiger partial charge in [0.15, 0.2) is 0 Å². The lowest BCUT2D eigenvalue weighted by atomic mass is 10.1.